The number of thioether (sulfide) groups is 1. The molecule has 0 spiro atoms. The second kappa shape index (κ2) is 10.5. The van der Waals surface area contributed by atoms with E-state index in [1.54, 1.807) is 19.1 Å². The Morgan fingerprint density at radius 2 is 1.94 bits per heavy atom. The third-order valence-electron chi connectivity index (χ3n) is 5.32. The quantitative estimate of drug-likeness (QED) is 0.463. The molecular weight excluding hydrogens is 518 g/mol. The number of hydrogen-bond acceptors (Lipinski definition) is 7. The number of nitrogens with zero attached hydrogens (tertiary/aromatic N) is 2. The van der Waals surface area contributed by atoms with E-state index in [-0.39, 0.29) is 31.1 Å². The Morgan fingerprint density at radius 3 is 2.65 bits per heavy atom. The van der Waals surface area contributed by atoms with Crippen LogP contribution in [0.3, 0.4) is 0 Å². The number of carbonyl (C=O) groups excluding carboxylic acids is 2. The molecule has 0 radical (unpaired) electrons. The van der Waals surface area contributed by atoms with Gasteiger partial charge in [0.1, 0.15) is 5.75 Å². The van der Waals surface area contributed by atoms with Gasteiger partial charge in [0.15, 0.2) is 11.8 Å². The number of hydrogen-bond donors (Lipinski definition) is 1. The second-order valence-corrected chi connectivity index (χ2v) is 9.42. The molecule has 7 nitrogen and oxygen atoms in total. The Labute approximate surface area is 211 Å². The fourth-order valence-corrected chi connectivity index (χ4v) is 4.75. The molecule has 2 aromatic carbocycles. The minimum atomic E-state index is -0.377. The van der Waals surface area contributed by atoms with E-state index in [1.165, 1.54) is 11.8 Å². The lowest BCUT2D eigenvalue weighted by Gasteiger charge is -2.33. The van der Waals surface area contributed by atoms with Crippen LogP contribution in [0.5, 0.6) is 5.75 Å². The van der Waals surface area contributed by atoms with E-state index in [2.05, 4.69) is 26.2 Å². The van der Waals surface area contributed by atoms with Gasteiger partial charge in [-0.2, -0.15) is 0 Å². The van der Waals surface area contributed by atoms with Crippen molar-refractivity contribution in [3.8, 4) is 5.75 Å². The van der Waals surface area contributed by atoms with Crippen molar-refractivity contribution in [3.63, 3.8) is 0 Å². The number of nitrogens with one attached hydrogen (secondary N) is 1. The van der Waals surface area contributed by atoms with Crippen molar-refractivity contribution in [2.75, 3.05) is 18.5 Å². The number of anilines is 1. The molecule has 176 valence electrons. The third-order valence-corrected chi connectivity index (χ3v) is 6.98. The maximum Gasteiger partial charge on any atom is 0.338 e. The number of allylic oxidation sites excluding steroid dienone is 1. The van der Waals surface area contributed by atoms with Crippen LogP contribution < -0.4 is 10.1 Å². The summed E-state index contributed by atoms with van der Waals surface area (Å²) in [6, 6.07) is 12.6. The molecule has 34 heavy (non-hydrogen) atoms. The molecule has 0 bridgehead atoms. The Morgan fingerprint density at radius 1 is 1.18 bits per heavy atom. The van der Waals surface area contributed by atoms with Crippen molar-refractivity contribution >= 4 is 50.4 Å². The predicted molar refractivity (Wildman–Crippen MR) is 138 cm³/mol. The van der Waals surface area contributed by atoms with E-state index >= 15 is 0 Å². The molecular formula is C25H24BrN3O4S. The molecule has 2 heterocycles. The van der Waals surface area contributed by atoms with Crippen LogP contribution in [-0.4, -0.2) is 35.2 Å². The highest BCUT2D eigenvalue weighted by Gasteiger charge is 2.37. The second-order valence-electron chi connectivity index (χ2n) is 7.70. The number of halogens is 1. The van der Waals surface area contributed by atoms with Gasteiger partial charge < -0.3 is 19.7 Å². The van der Waals surface area contributed by atoms with Crippen LogP contribution in [0.4, 0.5) is 5.69 Å². The van der Waals surface area contributed by atoms with Crippen molar-refractivity contribution in [2.45, 2.75) is 26.8 Å². The number of amidine groups is 1. The third kappa shape index (κ3) is 5.20. The maximum absolute atomic E-state index is 12.7. The van der Waals surface area contributed by atoms with Crippen LogP contribution in [-0.2, 0) is 14.3 Å². The van der Waals surface area contributed by atoms with E-state index in [1.807, 2.05) is 60.7 Å². The summed E-state index contributed by atoms with van der Waals surface area (Å²) in [7, 11) is 0. The molecule has 4 rings (SSSR count). The Hall–Kier alpha value is -3.04. The number of rotatable bonds is 7. The first-order valence-electron chi connectivity index (χ1n) is 10.7. The summed E-state index contributed by atoms with van der Waals surface area (Å²) in [4.78, 5) is 31.6. The summed E-state index contributed by atoms with van der Waals surface area (Å²) in [6.07, 6.45) is 1.92. The first-order valence-corrected chi connectivity index (χ1v) is 12.4. The van der Waals surface area contributed by atoms with Crippen LogP contribution in [0.1, 0.15) is 31.0 Å². The summed E-state index contributed by atoms with van der Waals surface area (Å²) < 4.78 is 12.0. The predicted octanol–water partition coefficient (Wildman–Crippen LogP) is 5.54. The first-order chi connectivity index (χ1) is 16.4. The number of aryl methyl sites for hydroxylation is 1. The summed E-state index contributed by atoms with van der Waals surface area (Å²) in [5.74, 6) is -0.0695. The minimum absolute atomic E-state index is 0.118. The molecule has 2 aromatic rings. The van der Waals surface area contributed by atoms with Crippen molar-refractivity contribution < 1.29 is 19.1 Å². The molecule has 9 heteroatoms. The summed E-state index contributed by atoms with van der Waals surface area (Å²) in [6.45, 7) is 5.74. The molecule has 1 amide bonds. The summed E-state index contributed by atoms with van der Waals surface area (Å²) in [5.41, 5.74) is 3.79. The highest BCUT2D eigenvalue weighted by molar-refractivity contribution is 9.10. The Kier molecular flexibility index (Phi) is 7.43. The van der Waals surface area contributed by atoms with Crippen LogP contribution in [0.25, 0.3) is 0 Å². The molecule has 0 fully saturated rings. The van der Waals surface area contributed by atoms with Crippen LogP contribution in [0.2, 0.25) is 0 Å². The van der Waals surface area contributed by atoms with Gasteiger partial charge in [0.05, 0.1) is 23.9 Å². The van der Waals surface area contributed by atoms with Gasteiger partial charge in [-0.15, -0.1) is 0 Å². The number of ether oxygens (including phenoxy) is 2. The molecule has 0 unspecified atom stereocenters. The largest absolute Gasteiger partial charge is 0.484 e. The fraction of sp³-hybridized carbons (Fsp3) is 0.240. The molecule has 1 N–H and O–H groups in total. The molecule has 0 saturated heterocycles. The molecule has 2 aliphatic heterocycles. The zero-order valence-corrected chi connectivity index (χ0v) is 21.4. The number of amides is 1. The fourth-order valence-electron chi connectivity index (χ4n) is 3.71. The van der Waals surface area contributed by atoms with Crippen molar-refractivity contribution in [1.29, 1.82) is 0 Å². The number of carbonyl (C=O) groups is 2. The van der Waals surface area contributed by atoms with E-state index in [0.717, 1.165) is 20.8 Å². The van der Waals surface area contributed by atoms with Crippen molar-refractivity contribution in [3.05, 3.63) is 80.9 Å². The average molecular weight is 542 g/mol. The van der Waals surface area contributed by atoms with Gasteiger partial charge in [-0.05, 0) is 67.6 Å². The van der Waals surface area contributed by atoms with Gasteiger partial charge in [-0.25, -0.2) is 9.79 Å². The van der Waals surface area contributed by atoms with Crippen LogP contribution in [0, 0.1) is 6.92 Å². The van der Waals surface area contributed by atoms with Gasteiger partial charge in [-0.3, -0.25) is 4.79 Å². The molecule has 0 saturated carbocycles. The highest BCUT2D eigenvalue weighted by Crippen LogP contribution is 2.41. The standard InChI is InChI=1S/C25H24BrN3O4S/c1-4-32-24(31)22-16(3)27-25-29(11-12-34-25)23(22)17-5-8-19(9-6-17)33-14-21(30)28-18-7-10-20(26)15(2)13-18/h5-13,23H,4,14H2,1-3H3,(H,28,30)/t23-/m0/s1. The Balaban J connectivity index is 1.46. The van der Waals surface area contributed by atoms with Crippen LogP contribution >= 0.6 is 27.7 Å². The van der Waals surface area contributed by atoms with Gasteiger partial charge in [0.2, 0.25) is 0 Å². The van der Waals surface area contributed by atoms with Gasteiger partial charge in [-0.1, -0.05) is 39.8 Å². The number of benzene rings is 2. The number of esters is 1. The summed E-state index contributed by atoms with van der Waals surface area (Å²) >= 11 is 4.96. The lowest BCUT2D eigenvalue weighted by Crippen LogP contribution is -2.34. The van der Waals surface area contributed by atoms with E-state index in [4.69, 9.17) is 9.47 Å². The molecule has 0 aromatic heterocycles. The van der Waals surface area contributed by atoms with Gasteiger partial charge in [0.25, 0.3) is 5.91 Å². The highest BCUT2D eigenvalue weighted by atomic mass is 79.9. The average Bonchev–Trinajstić information content (AvgIpc) is 3.28. The van der Waals surface area contributed by atoms with E-state index < -0.39 is 0 Å². The normalized spacial score (nSPS) is 16.8. The minimum Gasteiger partial charge on any atom is -0.484 e. The zero-order valence-electron chi connectivity index (χ0n) is 19.0. The smallest absolute Gasteiger partial charge is 0.338 e. The van der Waals surface area contributed by atoms with E-state index in [0.29, 0.717) is 22.7 Å². The first kappa shape index (κ1) is 24.1. The van der Waals surface area contributed by atoms with Crippen molar-refractivity contribution in [2.24, 2.45) is 4.99 Å². The lowest BCUT2D eigenvalue weighted by atomic mass is 9.95. The summed E-state index contributed by atoms with van der Waals surface area (Å²) in [5, 5.41) is 5.59. The number of fused-ring (bicyclic) bond motifs is 1. The van der Waals surface area contributed by atoms with Gasteiger partial charge in [0, 0.05) is 16.4 Å². The van der Waals surface area contributed by atoms with Crippen molar-refractivity contribution in [1.82, 2.24) is 4.90 Å². The topological polar surface area (TPSA) is 80.2 Å². The molecule has 2 aliphatic rings. The molecule has 0 aliphatic carbocycles. The Bertz CT molecular complexity index is 1210. The number of aliphatic imine (C=N–C) groups is 1. The monoisotopic (exact) mass is 541 g/mol. The van der Waals surface area contributed by atoms with Gasteiger partial charge >= 0.3 is 5.97 Å². The van der Waals surface area contributed by atoms with Crippen LogP contribution in [0.15, 0.2) is 74.8 Å². The van der Waals surface area contributed by atoms with E-state index in [9.17, 15) is 9.59 Å². The lowest BCUT2D eigenvalue weighted by molar-refractivity contribution is -0.139. The molecule has 1 atom stereocenters. The maximum atomic E-state index is 12.7. The zero-order chi connectivity index (χ0) is 24.2. The SMILES string of the molecule is CCOC(=O)C1=C(C)N=C2SC=CN2[C@H]1c1ccc(OCC(=O)Nc2ccc(Br)c(C)c2)cc1.